The van der Waals surface area contributed by atoms with Gasteiger partial charge in [0.1, 0.15) is 12.7 Å². The van der Waals surface area contributed by atoms with E-state index in [4.69, 9.17) is 4.74 Å². The number of hydrogen-bond acceptors (Lipinski definition) is 7. The number of nitrogens with zero attached hydrogens (tertiary/aromatic N) is 6. The summed E-state index contributed by atoms with van der Waals surface area (Å²) >= 11 is 0. The third kappa shape index (κ3) is 3.74. The van der Waals surface area contributed by atoms with E-state index in [-0.39, 0.29) is 6.01 Å². The maximum absolute atomic E-state index is 5.47. The summed E-state index contributed by atoms with van der Waals surface area (Å²) in [4.78, 5) is 16.5. The topological polar surface area (TPSA) is 90.6 Å². The monoisotopic (exact) mass is 275 g/mol. The van der Waals surface area contributed by atoms with E-state index in [2.05, 4.69) is 43.9 Å². The Hall–Kier alpha value is -2.51. The fraction of sp³-hybridized carbons (Fsp3) is 0.417. The summed E-state index contributed by atoms with van der Waals surface area (Å²) in [6, 6.07) is 0.256. The van der Waals surface area contributed by atoms with E-state index in [0.29, 0.717) is 18.5 Å². The van der Waals surface area contributed by atoms with Crippen molar-refractivity contribution >= 4 is 5.95 Å². The van der Waals surface area contributed by atoms with Crippen molar-refractivity contribution in [1.29, 1.82) is 0 Å². The highest BCUT2D eigenvalue weighted by Crippen LogP contribution is 2.10. The van der Waals surface area contributed by atoms with Gasteiger partial charge in [-0.2, -0.15) is 24.7 Å². The lowest BCUT2D eigenvalue weighted by atomic mass is 10.5. The van der Waals surface area contributed by atoms with Crippen LogP contribution in [0.5, 0.6) is 6.01 Å². The molecule has 0 unspecified atom stereocenters. The lowest BCUT2D eigenvalue weighted by Gasteiger charge is -2.08. The Kier molecular flexibility index (Phi) is 4.99. The van der Waals surface area contributed by atoms with E-state index < -0.39 is 0 Å². The van der Waals surface area contributed by atoms with E-state index >= 15 is 0 Å². The van der Waals surface area contributed by atoms with E-state index in [1.54, 1.807) is 6.08 Å². The summed E-state index contributed by atoms with van der Waals surface area (Å²) < 4.78 is 6.93. The van der Waals surface area contributed by atoms with Gasteiger partial charge in [-0.05, 0) is 12.8 Å². The first-order valence-electron chi connectivity index (χ1n) is 6.42. The van der Waals surface area contributed by atoms with Crippen molar-refractivity contribution in [3.8, 4) is 12.0 Å². The molecule has 2 heterocycles. The zero-order valence-corrected chi connectivity index (χ0v) is 11.4. The van der Waals surface area contributed by atoms with E-state index in [9.17, 15) is 0 Å². The predicted molar refractivity (Wildman–Crippen MR) is 73.8 cm³/mol. The van der Waals surface area contributed by atoms with Crippen LogP contribution < -0.4 is 10.1 Å². The van der Waals surface area contributed by atoms with Crippen molar-refractivity contribution < 1.29 is 4.74 Å². The van der Waals surface area contributed by atoms with E-state index in [1.807, 2.05) is 0 Å². The predicted octanol–water partition coefficient (Wildman–Crippen LogP) is 1.23. The molecule has 8 heteroatoms. The molecule has 8 nitrogen and oxygen atoms in total. The minimum atomic E-state index is 0.256. The van der Waals surface area contributed by atoms with Gasteiger partial charge in [-0.3, -0.25) is 0 Å². The lowest BCUT2D eigenvalue weighted by Crippen LogP contribution is -2.12. The summed E-state index contributed by atoms with van der Waals surface area (Å²) in [6.07, 6.45) is 6.41. The first-order valence-corrected chi connectivity index (χ1v) is 6.42. The molecule has 2 aromatic rings. The number of rotatable bonds is 8. The van der Waals surface area contributed by atoms with Gasteiger partial charge in [0.15, 0.2) is 0 Å². The molecule has 0 aliphatic heterocycles. The fourth-order valence-corrected chi connectivity index (χ4v) is 1.37. The first-order chi connectivity index (χ1) is 9.83. The molecule has 0 fully saturated rings. The van der Waals surface area contributed by atoms with Crippen LogP contribution >= 0.6 is 0 Å². The van der Waals surface area contributed by atoms with Crippen LogP contribution in [-0.2, 0) is 0 Å². The molecule has 2 aromatic heterocycles. The van der Waals surface area contributed by atoms with Gasteiger partial charge in [-0.25, -0.2) is 4.98 Å². The Morgan fingerprint density at radius 1 is 1.40 bits per heavy atom. The molecule has 20 heavy (non-hydrogen) atoms. The number of anilines is 1. The van der Waals surface area contributed by atoms with Crippen LogP contribution in [0.1, 0.15) is 19.8 Å². The Morgan fingerprint density at radius 3 is 3.00 bits per heavy atom. The molecule has 2 rings (SSSR count). The molecule has 0 bridgehead atoms. The van der Waals surface area contributed by atoms with Crippen molar-refractivity contribution in [3.63, 3.8) is 0 Å². The van der Waals surface area contributed by atoms with Crippen LogP contribution in [0.2, 0.25) is 0 Å². The van der Waals surface area contributed by atoms with Crippen LogP contribution in [0.4, 0.5) is 5.95 Å². The minimum absolute atomic E-state index is 0.256. The molecule has 0 saturated heterocycles. The van der Waals surface area contributed by atoms with Crippen molar-refractivity contribution in [2.45, 2.75) is 19.8 Å². The van der Waals surface area contributed by atoms with Gasteiger partial charge in [0.05, 0.1) is 6.61 Å². The molecule has 0 spiro atoms. The van der Waals surface area contributed by atoms with Gasteiger partial charge in [0, 0.05) is 6.54 Å². The largest absolute Gasteiger partial charge is 0.463 e. The summed E-state index contributed by atoms with van der Waals surface area (Å²) in [5.41, 5.74) is 0. The SMILES string of the molecule is C=CCCOc1nc(NCCC)nc(-n2cncn2)n1. The van der Waals surface area contributed by atoms with Gasteiger partial charge >= 0.3 is 6.01 Å². The standard InChI is InChI=1S/C12H17N7O/c1-3-5-7-20-12-17-10(14-6-4-2)16-11(18-12)19-9-13-8-15-19/h3,8-9H,1,4-7H2,2H3,(H,14,16,17,18). The molecular weight excluding hydrogens is 258 g/mol. The Balaban J connectivity index is 2.21. The summed E-state index contributed by atoms with van der Waals surface area (Å²) in [5.74, 6) is 0.825. The number of aromatic nitrogens is 6. The van der Waals surface area contributed by atoms with Crippen LogP contribution in [-0.4, -0.2) is 42.9 Å². The van der Waals surface area contributed by atoms with Gasteiger partial charge in [0.25, 0.3) is 5.95 Å². The number of hydrogen-bond donors (Lipinski definition) is 1. The molecule has 0 aliphatic carbocycles. The molecule has 106 valence electrons. The second kappa shape index (κ2) is 7.17. The molecule has 0 atom stereocenters. The Bertz CT molecular complexity index is 541. The van der Waals surface area contributed by atoms with Crippen molar-refractivity contribution in [2.75, 3.05) is 18.5 Å². The first kappa shape index (κ1) is 13.9. The number of ether oxygens (including phenoxy) is 1. The van der Waals surface area contributed by atoms with Gasteiger partial charge in [0.2, 0.25) is 5.95 Å². The second-order valence-electron chi connectivity index (χ2n) is 3.93. The molecular formula is C12H17N7O. The third-order valence-electron chi connectivity index (χ3n) is 2.31. The fourth-order valence-electron chi connectivity index (χ4n) is 1.37. The highest BCUT2D eigenvalue weighted by Gasteiger charge is 2.09. The summed E-state index contributed by atoms with van der Waals surface area (Å²) in [5, 5.41) is 7.10. The van der Waals surface area contributed by atoms with Crippen molar-refractivity contribution in [1.82, 2.24) is 29.7 Å². The van der Waals surface area contributed by atoms with Crippen molar-refractivity contribution in [2.24, 2.45) is 0 Å². The quantitative estimate of drug-likeness (QED) is 0.572. The molecule has 1 N–H and O–H groups in total. The Labute approximate surface area is 117 Å². The van der Waals surface area contributed by atoms with Crippen LogP contribution in [0.3, 0.4) is 0 Å². The summed E-state index contributed by atoms with van der Waals surface area (Å²) in [7, 11) is 0. The van der Waals surface area contributed by atoms with Crippen molar-refractivity contribution in [3.05, 3.63) is 25.3 Å². The van der Waals surface area contributed by atoms with Crippen LogP contribution in [0.15, 0.2) is 25.3 Å². The summed E-state index contributed by atoms with van der Waals surface area (Å²) in [6.45, 7) is 6.94. The smallest absolute Gasteiger partial charge is 0.323 e. The zero-order chi connectivity index (χ0) is 14.2. The zero-order valence-electron chi connectivity index (χ0n) is 11.4. The minimum Gasteiger partial charge on any atom is -0.463 e. The molecule has 0 amide bonds. The molecule has 0 saturated carbocycles. The van der Waals surface area contributed by atoms with E-state index in [0.717, 1.165) is 19.4 Å². The van der Waals surface area contributed by atoms with Crippen LogP contribution in [0.25, 0.3) is 5.95 Å². The number of nitrogens with one attached hydrogen (secondary N) is 1. The van der Waals surface area contributed by atoms with Crippen LogP contribution in [0, 0.1) is 0 Å². The average Bonchev–Trinajstić information content (AvgIpc) is 2.99. The highest BCUT2D eigenvalue weighted by molar-refractivity contribution is 5.29. The molecule has 0 aromatic carbocycles. The maximum Gasteiger partial charge on any atom is 0.323 e. The van der Waals surface area contributed by atoms with Gasteiger partial charge < -0.3 is 10.1 Å². The third-order valence-corrected chi connectivity index (χ3v) is 2.31. The average molecular weight is 275 g/mol. The lowest BCUT2D eigenvalue weighted by molar-refractivity contribution is 0.297. The Morgan fingerprint density at radius 2 is 2.30 bits per heavy atom. The van der Waals surface area contributed by atoms with Gasteiger partial charge in [-0.15, -0.1) is 6.58 Å². The normalized spacial score (nSPS) is 10.2. The van der Waals surface area contributed by atoms with Gasteiger partial charge in [-0.1, -0.05) is 13.0 Å². The molecule has 0 aliphatic rings. The van der Waals surface area contributed by atoms with E-state index in [1.165, 1.54) is 17.3 Å². The highest BCUT2D eigenvalue weighted by atomic mass is 16.5. The maximum atomic E-state index is 5.47. The molecule has 0 radical (unpaired) electrons. The second-order valence-corrected chi connectivity index (χ2v) is 3.93.